The first-order valence-corrected chi connectivity index (χ1v) is 15.3. The molecule has 37 heavy (non-hydrogen) atoms. The topological polar surface area (TPSA) is 44.8 Å². The van der Waals surface area contributed by atoms with Gasteiger partial charge >= 0.3 is 5.97 Å². The molecule has 0 unspecified atom stereocenters. The largest absolute Gasteiger partial charge is 0.493 e. The van der Waals surface area contributed by atoms with Crippen LogP contribution in [0.25, 0.3) is 0 Å². The van der Waals surface area contributed by atoms with Crippen molar-refractivity contribution in [3.05, 3.63) is 52.5 Å². The van der Waals surface area contributed by atoms with E-state index in [1.807, 2.05) is 18.2 Å². The van der Waals surface area contributed by atoms with Crippen LogP contribution in [0.5, 0.6) is 17.2 Å². The molecule has 0 bridgehead atoms. The molecule has 204 valence electrons. The van der Waals surface area contributed by atoms with Gasteiger partial charge in [0.25, 0.3) is 0 Å². The Morgan fingerprint density at radius 3 is 2.05 bits per heavy atom. The molecule has 0 saturated heterocycles. The van der Waals surface area contributed by atoms with E-state index in [1.165, 1.54) is 89.9 Å². The third-order valence-corrected chi connectivity index (χ3v) is 7.79. The number of unbranched alkanes of at least 4 members (excludes halogenated alkanes) is 9. The van der Waals surface area contributed by atoms with E-state index in [1.54, 1.807) is 24.3 Å². The van der Waals surface area contributed by atoms with Gasteiger partial charge in [-0.3, -0.25) is 0 Å². The standard InChI is InChI=1S/C32H45BrO4/c1-2-3-4-5-6-7-8-9-10-14-23-35-31-22-17-27(24-30(31)33)32(34)37-29-20-18-28(19-21-29)36-25-26-15-12-11-13-16-26/h17-22,24,26H,2-16,23,25H2,1H3. The molecule has 1 aliphatic rings. The van der Waals surface area contributed by atoms with E-state index in [-0.39, 0.29) is 0 Å². The van der Waals surface area contributed by atoms with Crippen molar-refractivity contribution in [3.63, 3.8) is 0 Å². The Hall–Kier alpha value is -2.01. The Kier molecular flexibility index (Phi) is 14.0. The lowest BCUT2D eigenvalue weighted by Crippen LogP contribution is -2.15. The Bertz CT molecular complexity index is 906. The zero-order chi connectivity index (χ0) is 26.1. The van der Waals surface area contributed by atoms with Gasteiger partial charge in [-0.2, -0.15) is 0 Å². The Balaban J connectivity index is 1.32. The highest BCUT2D eigenvalue weighted by Crippen LogP contribution is 2.28. The monoisotopic (exact) mass is 572 g/mol. The van der Waals surface area contributed by atoms with Crippen LogP contribution in [0.15, 0.2) is 46.9 Å². The van der Waals surface area contributed by atoms with E-state index >= 15 is 0 Å². The molecule has 3 rings (SSSR count). The van der Waals surface area contributed by atoms with Crippen LogP contribution >= 0.6 is 15.9 Å². The predicted molar refractivity (Wildman–Crippen MR) is 155 cm³/mol. The van der Waals surface area contributed by atoms with Gasteiger partial charge in [0, 0.05) is 0 Å². The highest BCUT2D eigenvalue weighted by Gasteiger charge is 2.15. The number of ether oxygens (including phenoxy) is 3. The third kappa shape index (κ3) is 11.5. The van der Waals surface area contributed by atoms with E-state index in [0.717, 1.165) is 29.0 Å². The van der Waals surface area contributed by atoms with Crippen molar-refractivity contribution < 1.29 is 19.0 Å². The summed E-state index contributed by atoms with van der Waals surface area (Å²) in [5, 5.41) is 0. The smallest absolute Gasteiger partial charge is 0.343 e. The third-order valence-electron chi connectivity index (χ3n) is 7.17. The average Bonchev–Trinajstić information content (AvgIpc) is 2.92. The summed E-state index contributed by atoms with van der Waals surface area (Å²) >= 11 is 3.54. The van der Waals surface area contributed by atoms with E-state index in [2.05, 4.69) is 22.9 Å². The zero-order valence-corrected chi connectivity index (χ0v) is 24.2. The van der Waals surface area contributed by atoms with Crippen molar-refractivity contribution in [3.8, 4) is 17.2 Å². The van der Waals surface area contributed by atoms with Gasteiger partial charge in [0.1, 0.15) is 17.2 Å². The van der Waals surface area contributed by atoms with Crippen molar-refractivity contribution in [1.29, 1.82) is 0 Å². The lowest BCUT2D eigenvalue weighted by atomic mass is 9.90. The number of carbonyl (C=O) groups is 1. The van der Waals surface area contributed by atoms with Crippen LogP contribution in [0.3, 0.4) is 0 Å². The Morgan fingerprint density at radius 2 is 1.41 bits per heavy atom. The van der Waals surface area contributed by atoms with Gasteiger partial charge < -0.3 is 14.2 Å². The minimum Gasteiger partial charge on any atom is -0.493 e. The van der Waals surface area contributed by atoms with Crippen LogP contribution in [-0.4, -0.2) is 19.2 Å². The summed E-state index contributed by atoms with van der Waals surface area (Å²) in [6.45, 7) is 3.72. The molecule has 1 aliphatic carbocycles. The summed E-state index contributed by atoms with van der Waals surface area (Å²) in [4.78, 5) is 12.6. The number of rotatable bonds is 17. The van der Waals surface area contributed by atoms with Gasteiger partial charge in [-0.1, -0.05) is 84.0 Å². The lowest BCUT2D eigenvalue weighted by molar-refractivity contribution is 0.0734. The number of hydrogen-bond acceptors (Lipinski definition) is 4. The molecule has 0 aliphatic heterocycles. The normalized spacial score (nSPS) is 13.9. The summed E-state index contributed by atoms with van der Waals surface area (Å²) in [5.41, 5.74) is 0.482. The van der Waals surface area contributed by atoms with Crippen LogP contribution < -0.4 is 14.2 Å². The molecular weight excluding hydrogens is 528 g/mol. The van der Waals surface area contributed by atoms with Crippen molar-refractivity contribution in [2.75, 3.05) is 13.2 Å². The second-order valence-electron chi connectivity index (χ2n) is 10.4. The Morgan fingerprint density at radius 1 is 0.784 bits per heavy atom. The predicted octanol–water partition coefficient (Wildman–Crippen LogP) is 9.93. The number of hydrogen-bond donors (Lipinski definition) is 0. The van der Waals surface area contributed by atoms with Gasteiger partial charge in [-0.15, -0.1) is 0 Å². The first-order chi connectivity index (χ1) is 18.2. The molecule has 0 aromatic heterocycles. The van der Waals surface area contributed by atoms with Crippen LogP contribution in [0, 0.1) is 5.92 Å². The molecule has 0 radical (unpaired) electrons. The molecule has 1 fully saturated rings. The van der Waals surface area contributed by atoms with Gasteiger partial charge in [0.2, 0.25) is 0 Å². The first kappa shape index (κ1) is 29.5. The summed E-state index contributed by atoms with van der Waals surface area (Å²) < 4.78 is 18.2. The van der Waals surface area contributed by atoms with Crippen molar-refractivity contribution >= 4 is 21.9 Å². The number of esters is 1. The molecule has 0 heterocycles. The molecule has 2 aromatic carbocycles. The molecule has 0 N–H and O–H groups in total. The maximum Gasteiger partial charge on any atom is 0.343 e. The molecule has 5 heteroatoms. The van der Waals surface area contributed by atoms with E-state index < -0.39 is 5.97 Å². The summed E-state index contributed by atoms with van der Waals surface area (Å²) in [7, 11) is 0. The van der Waals surface area contributed by atoms with E-state index in [9.17, 15) is 4.79 Å². The van der Waals surface area contributed by atoms with Gasteiger partial charge in [-0.05, 0) is 83.6 Å². The number of halogens is 1. The van der Waals surface area contributed by atoms with Crippen LogP contribution in [0.1, 0.15) is 114 Å². The molecule has 2 aromatic rings. The zero-order valence-electron chi connectivity index (χ0n) is 22.7. The minimum atomic E-state index is -0.391. The molecular formula is C32H45BrO4. The van der Waals surface area contributed by atoms with Crippen LogP contribution in [-0.2, 0) is 0 Å². The maximum atomic E-state index is 12.6. The second-order valence-corrected chi connectivity index (χ2v) is 11.2. The highest BCUT2D eigenvalue weighted by atomic mass is 79.9. The molecule has 0 atom stereocenters. The summed E-state index contributed by atoms with van der Waals surface area (Å²) in [6, 6.07) is 12.7. The maximum absolute atomic E-state index is 12.6. The minimum absolute atomic E-state index is 0.391. The molecule has 0 spiro atoms. The quantitative estimate of drug-likeness (QED) is 0.107. The fourth-order valence-corrected chi connectivity index (χ4v) is 5.35. The summed E-state index contributed by atoms with van der Waals surface area (Å²) in [5.74, 6) is 2.35. The molecule has 0 amide bonds. The fourth-order valence-electron chi connectivity index (χ4n) is 4.85. The van der Waals surface area contributed by atoms with Crippen LogP contribution in [0.4, 0.5) is 0 Å². The van der Waals surface area contributed by atoms with Gasteiger partial charge in [0.15, 0.2) is 0 Å². The Labute approximate surface area is 232 Å². The average molecular weight is 574 g/mol. The second kappa shape index (κ2) is 17.5. The van der Waals surface area contributed by atoms with Crippen molar-refractivity contribution in [2.24, 2.45) is 5.92 Å². The summed E-state index contributed by atoms with van der Waals surface area (Å²) in [6.07, 6.45) is 19.5. The van der Waals surface area contributed by atoms with Gasteiger partial charge in [0.05, 0.1) is 23.2 Å². The lowest BCUT2D eigenvalue weighted by Gasteiger charge is -2.21. The van der Waals surface area contributed by atoms with Gasteiger partial charge in [-0.25, -0.2) is 4.79 Å². The SMILES string of the molecule is CCCCCCCCCCCCOc1ccc(C(=O)Oc2ccc(OCC3CCCCC3)cc2)cc1Br. The fraction of sp³-hybridized carbons (Fsp3) is 0.594. The number of carbonyl (C=O) groups excluding carboxylic acids is 1. The molecule has 1 saturated carbocycles. The van der Waals surface area contributed by atoms with E-state index in [4.69, 9.17) is 14.2 Å². The number of benzene rings is 2. The van der Waals surface area contributed by atoms with Crippen molar-refractivity contribution in [2.45, 2.75) is 103 Å². The molecule has 4 nitrogen and oxygen atoms in total. The first-order valence-electron chi connectivity index (χ1n) is 14.5. The van der Waals surface area contributed by atoms with Crippen LogP contribution in [0.2, 0.25) is 0 Å². The van der Waals surface area contributed by atoms with Crippen molar-refractivity contribution in [1.82, 2.24) is 0 Å². The van der Waals surface area contributed by atoms with E-state index in [0.29, 0.717) is 23.8 Å². The highest BCUT2D eigenvalue weighted by molar-refractivity contribution is 9.10.